The average Bonchev–Trinajstić information content (AvgIpc) is 3.36. The summed E-state index contributed by atoms with van der Waals surface area (Å²) < 4.78 is 13.6. The number of hydrogen-bond acceptors (Lipinski definition) is 7. The van der Waals surface area contributed by atoms with Gasteiger partial charge in [-0.2, -0.15) is 0 Å². The highest BCUT2D eigenvalue weighted by atomic mass is 32.1. The second-order valence-electron chi connectivity index (χ2n) is 7.52. The van der Waals surface area contributed by atoms with Gasteiger partial charge in [0, 0.05) is 10.4 Å². The lowest BCUT2D eigenvalue weighted by Crippen LogP contribution is -2.40. The first-order valence-electron chi connectivity index (χ1n) is 10.4. The van der Waals surface area contributed by atoms with Crippen molar-refractivity contribution in [3.63, 3.8) is 0 Å². The lowest BCUT2D eigenvalue weighted by Gasteiger charge is -2.26. The van der Waals surface area contributed by atoms with Crippen molar-refractivity contribution in [2.24, 2.45) is 4.99 Å². The van der Waals surface area contributed by atoms with Crippen molar-refractivity contribution < 1.29 is 14.3 Å². The number of rotatable bonds is 6. The minimum Gasteiger partial charge on any atom is -0.491 e. The van der Waals surface area contributed by atoms with E-state index in [1.54, 1.807) is 29.8 Å². The molecule has 32 heavy (non-hydrogen) atoms. The molecule has 0 amide bonds. The maximum Gasteiger partial charge on any atom is 0.338 e. The number of para-hydroxylation sites is 1. The molecule has 0 fully saturated rings. The van der Waals surface area contributed by atoms with E-state index in [4.69, 9.17) is 9.47 Å². The summed E-state index contributed by atoms with van der Waals surface area (Å²) in [6.07, 6.45) is 1.80. The van der Waals surface area contributed by atoms with Crippen LogP contribution >= 0.6 is 22.7 Å². The van der Waals surface area contributed by atoms with Crippen molar-refractivity contribution in [2.45, 2.75) is 39.8 Å². The van der Waals surface area contributed by atoms with E-state index in [1.807, 2.05) is 61.7 Å². The van der Waals surface area contributed by atoms with Crippen LogP contribution in [-0.2, 0) is 9.53 Å². The summed E-state index contributed by atoms with van der Waals surface area (Å²) in [7, 11) is 0. The molecular weight excluding hydrogens is 444 g/mol. The molecule has 0 saturated heterocycles. The first-order chi connectivity index (χ1) is 15.4. The van der Waals surface area contributed by atoms with Crippen LogP contribution in [-0.4, -0.2) is 23.2 Å². The number of carbonyl (C=O) groups is 1. The molecule has 2 aromatic heterocycles. The van der Waals surface area contributed by atoms with Crippen LogP contribution < -0.4 is 19.6 Å². The van der Waals surface area contributed by atoms with Crippen molar-refractivity contribution in [3.8, 4) is 5.75 Å². The Kier molecular flexibility index (Phi) is 6.43. The molecule has 0 unspecified atom stereocenters. The molecule has 4 rings (SSSR count). The minimum atomic E-state index is -0.689. The maximum atomic E-state index is 13.6. The first-order valence-corrected chi connectivity index (χ1v) is 12.1. The fraction of sp³-hybridized carbons (Fsp3) is 0.292. The zero-order valence-corrected chi connectivity index (χ0v) is 20.0. The van der Waals surface area contributed by atoms with Gasteiger partial charge in [0.15, 0.2) is 4.80 Å². The molecule has 166 valence electrons. The van der Waals surface area contributed by atoms with E-state index in [1.165, 1.54) is 11.3 Å². The van der Waals surface area contributed by atoms with Crippen LogP contribution in [0.3, 0.4) is 0 Å². The summed E-state index contributed by atoms with van der Waals surface area (Å²) in [5.41, 5.74) is 1.42. The smallest absolute Gasteiger partial charge is 0.338 e. The van der Waals surface area contributed by atoms with Gasteiger partial charge in [-0.3, -0.25) is 9.36 Å². The van der Waals surface area contributed by atoms with Crippen molar-refractivity contribution in [3.05, 3.63) is 83.2 Å². The van der Waals surface area contributed by atoms with E-state index in [9.17, 15) is 9.59 Å². The minimum absolute atomic E-state index is 0.0677. The van der Waals surface area contributed by atoms with Crippen LogP contribution in [0.1, 0.15) is 44.2 Å². The van der Waals surface area contributed by atoms with Gasteiger partial charge in [0.25, 0.3) is 5.56 Å². The van der Waals surface area contributed by atoms with Crippen molar-refractivity contribution in [2.75, 3.05) is 6.61 Å². The predicted molar refractivity (Wildman–Crippen MR) is 127 cm³/mol. The lowest BCUT2D eigenvalue weighted by molar-refractivity contribution is -0.139. The number of allylic oxidation sites excluding steroid dienone is 1. The standard InChI is InChI=1S/C24H24N2O4S2/c1-5-29-23(28)20-15(4)25-24-26(22(27)19(32-24)13-16-9-8-12-31-16)21(20)17-10-6-7-11-18(17)30-14(2)3/h6-14,21H,5H2,1-4H3/b19-13-/t21-/m0/s1. The third-order valence-electron chi connectivity index (χ3n) is 4.91. The summed E-state index contributed by atoms with van der Waals surface area (Å²) in [6, 6.07) is 10.7. The zero-order valence-electron chi connectivity index (χ0n) is 18.3. The SMILES string of the molecule is CCOC(=O)C1=C(C)N=c2s/c(=C\c3cccs3)c(=O)n2[C@H]1c1ccccc1OC(C)C. The number of aromatic nitrogens is 1. The fourth-order valence-electron chi connectivity index (χ4n) is 3.66. The molecule has 1 aliphatic rings. The van der Waals surface area contributed by atoms with Crippen molar-refractivity contribution in [1.82, 2.24) is 4.57 Å². The summed E-state index contributed by atoms with van der Waals surface area (Å²) in [5, 5.41) is 1.97. The highest BCUT2D eigenvalue weighted by Crippen LogP contribution is 2.36. The molecule has 1 aromatic carbocycles. The Bertz CT molecular complexity index is 1350. The quantitative estimate of drug-likeness (QED) is 0.518. The Morgan fingerprint density at radius 1 is 1.25 bits per heavy atom. The van der Waals surface area contributed by atoms with Gasteiger partial charge in [0.05, 0.1) is 28.5 Å². The normalized spacial score (nSPS) is 16.2. The highest BCUT2D eigenvalue weighted by Gasteiger charge is 2.35. The Morgan fingerprint density at radius 2 is 2.03 bits per heavy atom. The summed E-state index contributed by atoms with van der Waals surface area (Å²) in [4.78, 5) is 32.7. The highest BCUT2D eigenvalue weighted by molar-refractivity contribution is 7.11. The maximum absolute atomic E-state index is 13.6. The topological polar surface area (TPSA) is 69.9 Å². The van der Waals surface area contributed by atoms with E-state index in [0.717, 1.165) is 10.4 Å². The second-order valence-corrected chi connectivity index (χ2v) is 9.51. The molecule has 0 spiro atoms. The molecule has 0 bridgehead atoms. The monoisotopic (exact) mass is 468 g/mol. The van der Waals surface area contributed by atoms with Gasteiger partial charge in [-0.25, -0.2) is 9.79 Å². The number of carbonyl (C=O) groups excluding carboxylic acids is 1. The summed E-state index contributed by atoms with van der Waals surface area (Å²) in [6.45, 7) is 7.65. The van der Waals surface area contributed by atoms with Crippen LogP contribution in [0, 0.1) is 0 Å². The molecule has 1 aliphatic heterocycles. The molecular formula is C24H24N2O4S2. The Labute approximate surface area is 193 Å². The molecule has 6 nitrogen and oxygen atoms in total. The zero-order chi connectivity index (χ0) is 22.8. The van der Waals surface area contributed by atoms with E-state index >= 15 is 0 Å². The lowest BCUT2D eigenvalue weighted by atomic mass is 9.95. The largest absolute Gasteiger partial charge is 0.491 e. The number of esters is 1. The molecule has 8 heteroatoms. The van der Waals surface area contributed by atoms with E-state index in [2.05, 4.69) is 4.99 Å². The van der Waals surface area contributed by atoms with Gasteiger partial charge in [0.1, 0.15) is 11.8 Å². The number of fused-ring (bicyclic) bond motifs is 1. The molecule has 0 aliphatic carbocycles. The fourth-order valence-corrected chi connectivity index (χ4v) is 5.43. The van der Waals surface area contributed by atoms with Gasteiger partial charge in [-0.15, -0.1) is 11.3 Å². The molecule has 0 radical (unpaired) electrons. The third kappa shape index (κ3) is 4.20. The molecule has 0 N–H and O–H groups in total. The van der Waals surface area contributed by atoms with Crippen LogP contribution in [0.2, 0.25) is 0 Å². The number of ether oxygens (including phenoxy) is 2. The molecule has 3 aromatic rings. The second kappa shape index (κ2) is 9.26. The Morgan fingerprint density at radius 3 is 2.72 bits per heavy atom. The van der Waals surface area contributed by atoms with E-state index in [-0.39, 0.29) is 18.3 Å². The van der Waals surface area contributed by atoms with Crippen LogP contribution in [0.15, 0.2) is 62.8 Å². The van der Waals surface area contributed by atoms with Crippen LogP contribution in [0.5, 0.6) is 5.75 Å². The van der Waals surface area contributed by atoms with Crippen molar-refractivity contribution in [1.29, 1.82) is 0 Å². The number of thiazole rings is 1. The molecule has 3 heterocycles. The van der Waals surface area contributed by atoms with Gasteiger partial charge in [-0.1, -0.05) is 35.6 Å². The van der Waals surface area contributed by atoms with E-state index < -0.39 is 12.0 Å². The van der Waals surface area contributed by atoms with Gasteiger partial charge >= 0.3 is 5.97 Å². The van der Waals surface area contributed by atoms with Gasteiger partial charge < -0.3 is 9.47 Å². The number of benzene rings is 1. The average molecular weight is 469 g/mol. The first kappa shape index (κ1) is 22.2. The summed E-state index contributed by atoms with van der Waals surface area (Å²) in [5.74, 6) is 0.141. The van der Waals surface area contributed by atoms with E-state index in [0.29, 0.717) is 26.4 Å². The van der Waals surface area contributed by atoms with Crippen LogP contribution in [0.4, 0.5) is 0 Å². The van der Waals surface area contributed by atoms with Crippen molar-refractivity contribution >= 4 is 34.7 Å². The number of hydrogen-bond donors (Lipinski definition) is 0. The Hall–Kier alpha value is -2.97. The Balaban J connectivity index is 1.99. The van der Waals surface area contributed by atoms with Gasteiger partial charge in [0.2, 0.25) is 0 Å². The summed E-state index contributed by atoms with van der Waals surface area (Å²) >= 11 is 2.88. The predicted octanol–water partition coefficient (Wildman–Crippen LogP) is 3.65. The molecule has 0 saturated carbocycles. The van der Waals surface area contributed by atoms with Crippen LogP contribution in [0.25, 0.3) is 6.08 Å². The number of thiophene rings is 1. The van der Waals surface area contributed by atoms with Gasteiger partial charge in [-0.05, 0) is 51.3 Å². The number of nitrogens with zero attached hydrogens (tertiary/aromatic N) is 2. The third-order valence-corrected chi connectivity index (χ3v) is 6.71. The molecule has 1 atom stereocenters.